The Balaban J connectivity index is 1.56. The molecule has 1 aliphatic heterocycles. The standard InChI is InChI=1S/C17H23N4O3/c22-20-15-11-13-3-1-4-14(13)12-16(15)21(23)18-17(20)5-2-6-19-7-9-24-10-8-19/h11-12,22H,1-10H2/q+1. The Bertz CT molecular complexity index is 812. The van der Waals surface area contributed by atoms with E-state index in [4.69, 9.17) is 4.74 Å². The highest BCUT2D eigenvalue weighted by atomic mass is 16.5. The van der Waals surface area contributed by atoms with Crippen LogP contribution in [0.15, 0.2) is 12.1 Å². The summed E-state index contributed by atoms with van der Waals surface area (Å²) in [7, 11) is 0. The summed E-state index contributed by atoms with van der Waals surface area (Å²) >= 11 is 0. The highest BCUT2D eigenvalue weighted by Gasteiger charge is 2.22. The molecule has 0 amide bonds. The fourth-order valence-electron chi connectivity index (χ4n) is 3.70. The molecule has 2 heterocycles. The molecular weight excluding hydrogens is 308 g/mol. The smallest absolute Gasteiger partial charge is 0.322 e. The normalized spacial score (nSPS) is 18.2. The van der Waals surface area contributed by atoms with E-state index in [0.29, 0.717) is 27.8 Å². The number of aryl methyl sites for hydroxylation is 3. The Morgan fingerprint density at radius 1 is 1.21 bits per heavy atom. The molecular formula is C17H23N4O3+. The average Bonchev–Trinajstić information content (AvgIpc) is 3.06. The Morgan fingerprint density at radius 3 is 2.75 bits per heavy atom. The van der Waals surface area contributed by atoms with Crippen LogP contribution in [0.3, 0.4) is 0 Å². The van der Waals surface area contributed by atoms with E-state index in [0.717, 1.165) is 63.3 Å². The number of morpholine rings is 1. The van der Waals surface area contributed by atoms with E-state index in [2.05, 4.69) is 10.00 Å². The number of ether oxygens (including phenoxy) is 1. The van der Waals surface area contributed by atoms with Crippen LogP contribution in [0.4, 0.5) is 0 Å². The summed E-state index contributed by atoms with van der Waals surface area (Å²) in [4.78, 5) is 14.6. The average molecular weight is 331 g/mol. The van der Waals surface area contributed by atoms with Crippen molar-refractivity contribution in [1.29, 1.82) is 0 Å². The van der Waals surface area contributed by atoms with Crippen LogP contribution in [-0.4, -0.2) is 52.8 Å². The highest BCUT2D eigenvalue weighted by Crippen LogP contribution is 2.25. The van der Waals surface area contributed by atoms with Gasteiger partial charge in [-0.1, -0.05) is 0 Å². The Morgan fingerprint density at radius 2 is 1.96 bits per heavy atom. The zero-order chi connectivity index (χ0) is 16.5. The molecule has 0 radical (unpaired) electrons. The number of fused-ring (bicyclic) bond motifs is 2. The van der Waals surface area contributed by atoms with Crippen LogP contribution in [0.1, 0.15) is 29.8 Å². The van der Waals surface area contributed by atoms with Crippen LogP contribution in [0, 0.1) is 4.91 Å². The van der Waals surface area contributed by atoms with E-state index in [1.807, 2.05) is 12.1 Å². The van der Waals surface area contributed by atoms with E-state index in [1.54, 1.807) is 0 Å². The number of nitrogens with zero attached hydrogens (tertiary/aromatic N) is 4. The van der Waals surface area contributed by atoms with Crippen LogP contribution in [-0.2, 0) is 24.0 Å². The molecule has 128 valence electrons. The monoisotopic (exact) mass is 331 g/mol. The van der Waals surface area contributed by atoms with Crippen molar-refractivity contribution in [2.45, 2.75) is 32.1 Å². The fraction of sp³-hybridized carbons (Fsp3) is 0.588. The van der Waals surface area contributed by atoms with Gasteiger partial charge in [0, 0.05) is 25.6 Å². The van der Waals surface area contributed by atoms with Gasteiger partial charge >= 0.3 is 5.52 Å². The van der Waals surface area contributed by atoms with E-state index in [1.165, 1.54) is 11.1 Å². The number of rotatable bonds is 4. The topological polar surface area (TPSA) is 73.5 Å². The first-order valence-corrected chi connectivity index (χ1v) is 8.72. The molecule has 1 aromatic heterocycles. The van der Waals surface area contributed by atoms with Crippen molar-refractivity contribution in [3.63, 3.8) is 0 Å². The van der Waals surface area contributed by atoms with Crippen molar-refractivity contribution in [3.8, 4) is 0 Å². The maximum Gasteiger partial charge on any atom is 0.322 e. The van der Waals surface area contributed by atoms with E-state index in [9.17, 15) is 10.1 Å². The number of benzene rings is 1. The highest BCUT2D eigenvalue weighted by molar-refractivity contribution is 5.74. The minimum absolute atomic E-state index is 0.420. The molecule has 4 rings (SSSR count). The second kappa shape index (κ2) is 6.49. The Kier molecular flexibility index (Phi) is 4.20. The Labute approximate surface area is 140 Å². The molecule has 1 fully saturated rings. The van der Waals surface area contributed by atoms with E-state index in [-0.39, 0.29) is 0 Å². The first kappa shape index (κ1) is 15.5. The van der Waals surface area contributed by atoms with Gasteiger partial charge in [-0.25, -0.2) is 0 Å². The molecule has 0 saturated carbocycles. The molecule has 0 spiro atoms. The molecule has 2 aliphatic rings. The lowest BCUT2D eigenvalue weighted by Gasteiger charge is -2.26. The maximum absolute atomic E-state index is 12.3. The van der Waals surface area contributed by atoms with Crippen LogP contribution >= 0.6 is 0 Å². The summed E-state index contributed by atoms with van der Waals surface area (Å²) in [6, 6.07) is 3.82. The molecule has 7 nitrogen and oxygen atoms in total. The van der Waals surface area contributed by atoms with Crippen LogP contribution < -0.4 is 4.54 Å². The van der Waals surface area contributed by atoms with E-state index >= 15 is 0 Å². The lowest BCUT2D eigenvalue weighted by molar-refractivity contribution is -0.538. The van der Waals surface area contributed by atoms with Crippen molar-refractivity contribution in [2.24, 2.45) is 0 Å². The predicted molar refractivity (Wildman–Crippen MR) is 87.9 cm³/mol. The summed E-state index contributed by atoms with van der Waals surface area (Å²) in [5.74, 6) is 0.420. The molecule has 1 aromatic carbocycles. The van der Waals surface area contributed by atoms with Gasteiger partial charge in [0.2, 0.25) is 5.82 Å². The third kappa shape index (κ3) is 2.89. The second-order valence-electron chi connectivity index (χ2n) is 6.62. The van der Waals surface area contributed by atoms with Crippen molar-refractivity contribution >= 4 is 11.0 Å². The van der Waals surface area contributed by atoms with Crippen molar-refractivity contribution in [2.75, 3.05) is 32.8 Å². The molecule has 2 aromatic rings. The molecule has 1 aliphatic carbocycles. The number of hydrogen-bond donors (Lipinski definition) is 1. The predicted octanol–water partition coefficient (Wildman–Crippen LogP) is 0.942. The molecule has 0 unspecified atom stereocenters. The van der Waals surface area contributed by atoms with Gasteiger partial charge in [0.05, 0.1) is 23.2 Å². The minimum Gasteiger partial charge on any atom is -0.426 e. The summed E-state index contributed by atoms with van der Waals surface area (Å²) in [5, 5.41) is 14.6. The molecule has 0 atom stereocenters. The molecule has 0 bridgehead atoms. The zero-order valence-electron chi connectivity index (χ0n) is 13.8. The van der Waals surface area contributed by atoms with Crippen molar-refractivity contribution < 1.29 is 14.5 Å². The molecule has 7 heteroatoms. The van der Waals surface area contributed by atoms with Gasteiger partial charge in [-0.05, 0) is 49.4 Å². The van der Waals surface area contributed by atoms with Gasteiger partial charge in [-0.15, -0.1) is 0 Å². The first-order valence-electron chi connectivity index (χ1n) is 8.72. The third-order valence-electron chi connectivity index (χ3n) is 5.05. The number of hydrogen-bond acceptors (Lipinski definition) is 5. The van der Waals surface area contributed by atoms with Crippen LogP contribution in [0.2, 0.25) is 0 Å². The minimum atomic E-state index is 0.420. The van der Waals surface area contributed by atoms with Gasteiger partial charge in [-0.3, -0.25) is 4.90 Å². The fourth-order valence-corrected chi connectivity index (χ4v) is 3.70. The first-order chi connectivity index (χ1) is 11.7. The molecule has 1 N–H and O–H groups in total. The summed E-state index contributed by atoms with van der Waals surface area (Å²) in [6.07, 6.45) is 4.54. The SMILES string of the molecule is O=[n+]1nc(CCCN2CCOCC2)n(O)c2cc3c(cc21)CCC3. The summed E-state index contributed by atoms with van der Waals surface area (Å²) < 4.78 is 7.10. The summed E-state index contributed by atoms with van der Waals surface area (Å²) in [5.41, 5.74) is 3.43. The zero-order valence-corrected chi connectivity index (χ0v) is 13.8. The van der Waals surface area contributed by atoms with Gasteiger partial charge in [-0.2, -0.15) is 4.73 Å². The van der Waals surface area contributed by atoms with Crippen LogP contribution in [0.25, 0.3) is 11.0 Å². The maximum atomic E-state index is 12.3. The summed E-state index contributed by atoms with van der Waals surface area (Å²) in [6.45, 7) is 4.36. The van der Waals surface area contributed by atoms with E-state index < -0.39 is 0 Å². The Hall–Kier alpha value is -1.99. The third-order valence-corrected chi connectivity index (χ3v) is 5.05. The quantitative estimate of drug-likeness (QED) is 0.667. The lowest BCUT2D eigenvalue weighted by Crippen LogP contribution is -2.37. The van der Waals surface area contributed by atoms with Crippen molar-refractivity contribution in [3.05, 3.63) is 34.0 Å². The van der Waals surface area contributed by atoms with Gasteiger partial charge in [0.1, 0.15) is 0 Å². The van der Waals surface area contributed by atoms with Gasteiger partial charge in [0.15, 0.2) is 10.1 Å². The molecule has 24 heavy (non-hydrogen) atoms. The number of aromatic nitrogens is 3. The second-order valence-corrected chi connectivity index (χ2v) is 6.62. The van der Waals surface area contributed by atoms with Crippen molar-refractivity contribution in [1.82, 2.24) is 14.7 Å². The van der Waals surface area contributed by atoms with Gasteiger partial charge in [0.25, 0.3) is 0 Å². The van der Waals surface area contributed by atoms with Gasteiger partial charge < -0.3 is 9.94 Å². The largest absolute Gasteiger partial charge is 0.426 e. The van der Waals surface area contributed by atoms with Crippen LogP contribution in [0.5, 0.6) is 0 Å². The lowest BCUT2D eigenvalue weighted by atomic mass is 10.1. The molecule has 1 saturated heterocycles.